The van der Waals surface area contributed by atoms with Gasteiger partial charge in [0.05, 0.1) is 0 Å². The van der Waals surface area contributed by atoms with Gasteiger partial charge in [0.15, 0.2) is 5.82 Å². The number of aromatic nitrogens is 4. The molecule has 33 heavy (non-hydrogen) atoms. The number of aryl methyl sites for hydroxylation is 3. The quantitative estimate of drug-likeness (QED) is 0.623. The fourth-order valence-electron chi connectivity index (χ4n) is 4.34. The molecule has 3 aromatic heterocycles. The van der Waals surface area contributed by atoms with Crippen LogP contribution in [0.15, 0.2) is 29.2 Å². The Hall–Kier alpha value is -3.55. The fraction of sp³-hybridized carbons (Fsp3) is 0.400. The van der Waals surface area contributed by atoms with Crippen molar-refractivity contribution >= 4 is 11.7 Å². The maximum absolute atomic E-state index is 13.3. The molecule has 1 saturated heterocycles. The SMILES string of the molecule is Cc1ccc(-c2nc(C(=O)NCc3c(C)cc(C)[nH]c3=O)c(C)c(N3CCCC3C)n2)cn1. The molecule has 0 aromatic carbocycles. The average Bonchev–Trinajstić information content (AvgIpc) is 3.19. The molecule has 0 radical (unpaired) electrons. The van der Waals surface area contributed by atoms with Crippen LogP contribution in [0.3, 0.4) is 0 Å². The average molecular weight is 447 g/mol. The lowest BCUT2D eigenvalue weighted by molar-refractivity contribution is 0.0945. The number of pyridine rings is 2. The van der Waals surface area contributed by atoms with Crippen LogP contribution in [0.1, 0.15) is 58.3 Å². The largest absolute Gasteiger partial charge is 0.354 e. The summed E-state index contributed by atoms with van der Waals surface area (Å²) in [5.41, 5.74) is 4.69. The lowest BCUT2D eigenvalue weighted by Crippen LogP contribution is -2.32. The van der Waals surface area contributed by atoms with Crippen LogP contribution in [-0.2, 0) is 6.54 Å². The Balaban J connectivity index is 1.71. The van der Waals surface area contributed by atoms with Gasteiger partial charge in [-0.05, 0) is 71.2 Å². The number of aromatic amines is 1. The Kier molecular flexibility index (Phi) is 6.26. The van der Waals surface area contributed by atoms with Crippen LogP contribution in [0.5, 0.6) is 0 Å². The van der Waals surface area contributed by atoms with E-state index in [0.717, 1.165) is 53.3 Å². The summed E-state index contributed by atoms with van der Waals surface area (Å²) in [6, 6.07) is 6.06. The highest BCUT2D eigenvalue weighted by molar-refractivity contribution is 5.95. The molecule has 8 heteroatoms. The summed E-state index contributed by atoms with van der Waals surface area (Å²) in [4.78, 5) is 44.5. The van der Waals surface area contributed by atoms with Crippen molar-refractivity contribution < 1.29 is 4.79 Å². The highest BCUT2D eigenvalue weighted by atomic mass is 16.2. The van der Waals surface area contributed by atoms with E-state index in [4.69, 9.17) is 4.98 Å². The van der Waals surface area contributed by atoms with E-state index < -0.39 is 0 Å². The van der Waals surface area contributed by atoms with Crippen molar-refractivity contribution in [1.82, 2.24) is 25.3 Å². The lowest BCUT2D eigenvalue weighted by Gasteiger charge is -2.25. The normalized spacial score (nSPS) is 15.7. The summed E-state index contributed by atoms with van der Waals surface area (Å²) in [6.07, 6.45) is 3.90. The minimum atomic E-state index is -0.330. The molecule has 4 heterocycles. The molecule has 0 aliphatic carbocycles. The van der Waals surface area contributed by atoms with Gasteiger partial charge >= 0.3 is 0 Å². The van der Waals surface area contributed by atoms with Gasteiger partial charge in [-0.1, -0.05) is 0 Å². The molecule has 1 unspecified atom stereocenters. The van der Waals surface area contributed by atoms with Crippen LogP contribution in [-0.4, -0.2) is 38.4 Å². The molecule has 0 bridgehead atoms. The predicted octanol–water partition coefficient (Wildman–Crippen LogP) is 3.38. The molecule has 3 aromatic rings. The summed E-state index contributed by atoms with van der Waals surface area (Å²) in [5.74, 6) is 0.917. The molecule has 172 valence electrons. The van der Waals surface area contributed by atoms with Gasteiger partial charge in [0.25, 0.3) is 11.5 Å². The van der Waals surface area contributed by atoms with E-state index in [1.807, 2.05) is 45.9 Å². The van der Waals surface area contributed by atoms with Crippen molar-refractivity contribution in [1.29, 1.82) is 0 Å². The summed E-state index contributed by atoms with van der Waals surface area (Å²) < 4.78 is 0. The number of amides is 1. The van der Waals surface area contributed by atoms with E-state index in [1.54, 1.807) is 6.20 Å². The first kappa shape index (κ1) is 22.6. The monoisotopic (exact) mass is 446 g/mol. The number of rotatable bonds is 5. The Morgan fingerprint density at radius 2 is 2.00 bits per heavy atom. The molecular weight excluding hydrogens is 416 g/mol. The van der Waals surface area contributed by atoms with Crippen molar-refractivity contribution in [3.05, 3.63) is 68.5 Å². The third kappa shape index (κ3) is 4.65. The Morgan fingerprint density at radius 3 is 2.64 bits per heavy atom. The molecule has 2 N–H and O–H groups in total. The van der Waals surface area contributed by atoms with Gasteiger partial charge in [-0.25, -0.2) is 9.97 Å². The van der Waals surface area contributed by atoms with E-state index in [1.165, 1.54) is 0 Å². The predicted molar refractivity (Wildman–Crippen MR) is 128 cm³/mol. The van der Waals surface area contributed by atoms with Crippen molar-refractivity contribution in [3.63, 3.8) is 0 Å². The van der Waals surface area contributed by atoms with Crippen LogP contribution in [0.25, 0.3) is 11.4 Å². The van der Waals surface area contributed by atoms with Crippen molar-refractivity contribution in [2.75, 3.05) is 11.4 Å². The summed E-state index contributed by atoms with van der Waals surface area (Å²) in [5, 5.41) is 2.89. The zero-order valence-corrected chi connectivity index (χ0v) is 19.8. The van der Waals surface area contributed by atoms with Crippen LogP contribution >= 0.6 is 0 Å². The first-order valence-corrected chi connectivity index (χ1v) is 11.3. The first-order chi connectivity index (χ1) is 15.7. The summed E-state index contributed by atoms with van der Waals surface area (Å²) in [6.45, 7) is 10.7. The number of H-pyrrole nitrogens is 1. The molecule has 1 aliphatic heterocycles. The van der Waals surface area contributed by atoms with E-state index in [2.05, 4.69) is 32.1 Å². The third-order valence-electron chi connectivity index (χ3n) is 6.25. The van der Waals surface area contributed by atoms with Gasteiger partial charge in [-0.2, -0.15) is 0 Å². The molecule has 1 aliphatic rings. The number of nitrogens with zero attached hydrogens (tertiary/aromatic N) is 4. The maximum atomic E-state index is 13.3. The smallest absolute Gasteiger partial charge is 0.270 e. The fourth-order valence-corrected chi connectivity index (χ4v) is 4.34. The zero-order valence-electron chi connectivity index (χ0n) is 19.8. The number of hydrogen-bond donors (Lipinski definition) is 2. The second-order valence-corrected chi connectivity index (χ2v) is 8.84. The molecule has 1 atom stereocenters. The lowest BCUT2D eigenvalue weighted by atomic mass is 10.1. The van der Waals surface area contributed by atoms with Crippen molar-refractivity contribution in [3.8, 4) is 11.4 Å². The van der Waals surface area contributed by atoms with Gasteiger partial charge in [-0.15, -0.1) is 0 Å². The molecule has 0 spiro atoms. The number of nitrogens with one attached hydrogen (secondary N) is 2. The Labute approximate surface area is 193 Å². The van der Waals surface area contributed by atoms with Crippen LogP contribution in [0.4, 0.5) is 5.82 Å². The van der Waals surface area contributed by atoms with E-state index in [9.17, 15) is 9.59 Å². The van der Waals surface area contributed by atoms with E-state index in [-0.39, 0.29) is 18.0 Å². The van der Waals surface area contributed by atoms with Gasteiger partial charge < -0.3 is 15.2 Å². The topological polar surface area (TPSA) is 104 Å². The van der Waals surface area contributed by atoms with Crippen molar-refractivity contribution in [2.24, 2.45) is 0 Å². The minimum Gasteiger partial charge on any atom is -0.354 e. The Morgan fingerprint density at radius 1 is 1.21 bits per heavy atom. The summed E-state index contributed by atoms with van der Waals surface area (Å²) in [7, 11) is 0. The zero-order chi connectivity index (χ0) is 23.7. The minimum absolute atomic E-state index is 0.126. The summed E-state index contributed by atoms with van der Waals surface area (Å²) >= 11 is 0. The van der Waals surface area contributed by atoms with Crippen LogP contribution in [0.2, 0.25) is 0 Å². The van der Waals surface area contributed by atoms with Gasteiger partial charge in [0.2, 0.25) is 0 Å². The number of carbonyl (C=O) groups is 1. The molecule has 1 amide bonds. The van der Waals surface area contributed by atoms with Crippen molar-refractivity contribution in [2.45, 2.75) is 60.0 Å². The highest BCUT2D eigenvalue weighted by Crippen LogP contribution is 2.30. The maximum Gasteiger partial charge on any atom is 0.270 e. The van der Waals surface area contributed by atoms with E-state index in [0.29, 0.717) is 23.1 Å². The molecule has 4 rings (SSSR count). The first-order valence-electron chi connectivity index (χ1n) is 11.3. The second kappa shape index (κ2) is 9.13. The molecular formula is C25H30N6O2. The third-order valence-corrected chi connectivity index (χ3v) is 6.25. The molecule has 8 nitrogen and oxygen atoms in total. The van der Waals surface area contributed by atoms with Crippen LogP contribution < -0.4 is 15.8 Å². The highest BCUT2D eigenvalue weighted by Gasteiger charge is 2.27. The molecule has 1 fully saturated rings. The number of carbonyl (C=O) groups excluding carboxylic acids is 1. The molecule has 0 saturated carbocycles. The van der Waals surface area contributed by atoms with Gasteiger partial charge in [0, 0.05) is 53.4 Å². The second-order valence-electron chi connectivity index (χ2n) is 8.84. The van der Waals surface area contributed by atoms with Crippen LogP contribution in [0, 0.1) is 27.7 Å². The number of hydrogen-bond acceptors (Lipinski definition) is 6. The van der Waals surface area contributed by atoms with Gasteiger partial charge in [0.1, 0.15) is 11.5 Å². The Bertz CT molecular complexity index is 1250. The van der Waals surface area contributed by atoms with Gasteiger partial charge in [-0.3, -0.25) is 14.6 Å². The van der Waals surface area contributed by atoms with E-state index >= 15 is 0 Å². The standard InChI is InChI=1S/C25H30N6O2/c1-14-11-16(3)28-24(32)20(14)13-27-25(33)21-18(5)23(31-10-6-7-17(31)4)30-22(29-21)19-9-8-15(2)26-12-19/h8-9,11-12,17H,6-7,10,13H2,1-5H3,(H,27,33)(H,28,32). The number of anilines is 1.